The number of rotatable bonds is 8. The third-order valence-electron chi connectivity index (χ3n) is 2.96. The molecule has 0 radical (unpaired) electrons. The zero-order valence-corrected chi connectivity index (χ0v) is 14.1. The predicted octanol–water partition coefficient (Wildman–Crippen LogP) is -0.0878. The number of carbonyl (C=O) groups is 4. The predicted molar refractivity (Wildman–Crippen MR) is 91.9 cm³/mol. The van der Waals surface area contributed by atoms with E-state index in [0.29, 0.717) is 0 Å². The van der Waals surface area contributed by atoms with Crippen LogP contribution >= 0.6 is 25.3 Å². The van der Waals surface area contributed by atoms with Gasteiger partial charge in [0, 0.05) is 22.6 Å². The number of amides is 2. The first-order chi connectivity index (χ1) is 11.3. The summed E-state index contributed by atoms with van der Waals surface area (Å²) in [6.45, 7) is 0. The van der Waals surface area contributed by atoms with E-state index in [4.69, 9.17) is 10.2 Å². The average Bonchev–Trinajstić information content (AvgIpc) is 2.56. The summed E-state index contributed by atoms with van der Waals surface area (Å²) in [6.07, 6.45) is 0. The number of nitrogens with one attached hydrogen (secondary N) is 2. The van der Waals surface area contributed by atoms with Crippen LogP contribution in [0, 0.1) is 0 Å². The summed E-state index contributed by atoms with van der Waals surface area (Å²) in [5.74, 6) is -4.02. The number of carbonyl (C=O) groups excluding carboxylic acids is 2. The Balaban J connectivity index is 2.89. The standard InChI is InChI=1S/C14H16N2O6S2/c17-11(15-9(5-23)13(19)20)7-2-1-3-8(4-7)12(18)16-10(6-24)14(21)22/h1-4,9-10,23-24H,5-6H2,(H,15,17)(H,16,18)(H,19,20)(H,21,22)/t9-,10-/m0/s1. The Labute approximate surface area is 148 Å². The molecular weight excluding hydrogens is 356 g/mol. The van der Waals surface area contributed by atoms with Gasteiger partial charge in [-0.1, -0.05) is 6.07 Å². The van der Waals surface area contributed by atoms with Gasteiger partial charge in [0.2, 0.25) is 0 Å². The van der Waals surface area contributed by atoms with Crippen molar-refractivity contribution in [2.24, 2.45) is 0 Å². The second kappa shape index (κ2) is 9.18. The summed E-state index contributed by atoms with van der Waals surface area (Å²) in [6, 6.07) is 3.13. The van der Waals surface area contributed by atoms with E-state index in [-0.39, 0.29) is 22.6 Å². The molecule has 24 heavy (non-hydrogen) atoms. The first-order valence-corrected chi connectivity index (χ1v) is 7.95. The summed E-state index contributed by atoms with van der Waals surface area (Å²) in [5.41, 5.74) is 0.127. The van der Waals surface area contributed by atoms with Crippen molar-refractivity contribution in [2.45, 2.75) is 12.1 Å². The molecule has 0 spiro atoms. The number of hydrogen-bond acceptors (Lipinski definition) is 6. The fraction of sp³-hybridized carbons (Fsp3) is 0.286. The van der Waals surface area contributed by atoms with E-state index < -0.39 is 35.8 Å². The molecule has 0 aromatic heterocycles. The molecule has 2 amide bonds. The number of aliphatic carboxylic acids is 2. The minimum atomic E-state index is -1.23. The molecular formula is C14H16N2O6S2. The van der Waals surface area contributed by atoms with Crippen molar-refractivity contribution >= 4 is 49.0 Å². The normalized spacial score (nSPS) is 12.8. The lowest BCUT2D eigenvalue weighted by Crippen LogP contribution is -2.43. The number of hydrogen-bond donors (Lipinski definition) is 6. The van der Waals surface area contributed by atoms with Crippen molar-refractivity contribution in [1.29, 1.82) is 0 Å². The number of benzene rings is 1. The van der Waals surface area contributed by atoms with E-state index in [1.165, 1.54) is 24.3 Å². The second-order valence-corrected chi connectivity index (χ2v) is 5.40. The maximum absolute atomic E-state index is 12.0. The smallest absolute Gasteiger partial charge is 0.327 e. The molecule has 0 aliphatic heterocycles. The van der Waals surface area contributed by atoms with Crippen LogP contribution in [-0.4, -0.2) is 57.6 Å². The number of carboxylic acids is 2. The van der Waals surface area contributed by atoms with Gasteiger partial charge in [-0.05, 0) is 18.2 Å². The molecule has 2 atom stereocenters. The van der Waals surface area contributed by atoms with E-state index in [2.05, 4.69) is 35.9 Å². The highest BCUT2D eigenvalue weighted by atomic mass is 32.1. The third-order valence-corrected chi connectivity index (χ3v) is 3.69. The minimum absolute atomic E-state index is 0.0634. The minimum Gasteiger partial charge on any atom is -0.480 e. The molecule has 8 nitrogen and oxygen atoms in total. The largest absolute Gasteiger partial charge is 0.480 e. The van der Waals surface area contributed by atoms with Gasteiger partial charge in [0.05, 0.1) is 0 Å². The molecule has 1 aromatic rings. The van der Waals surface area contributed by atoms with Crippen LogP contribution in [0.4, 0.5) is 0 Å². The fourth-order valence-electron chi connectivity index (χ4n) is 1.66. The van der Waals surface area contributed by atoms with Gasteiger partial charge >= 0.3 is 11.9 Å². The first kappa shape index (κ1) is 19.8. The summed E-state index contributed by atoms with van der Waals surface area (Å²) in [5, 5.41) is 22.3. The third kappa shape index (κ3) is 5.46. The fourth-order valence-corrected chi connectivity index (χ4v) is 2.15. The molecule has 0 aliphatic rings. The van der Waals surface area contributed by atoms with Crippen molar-refractivity contribution in [1.82, 2.24) is 10.6 Å². The molecule has 0 saturated carbocycles. The van der Waals surface area contributed by atoms with E-state index in [1.807, 2.05) is 0 Å². The molecule has 0 bridgehead atoms. The maximum atomic E-state index is 12.0. The van der Waals surface area contributed by atoms with Crippen LogP contribution in [0.2, 0.25) is 0 Å². The SMILES string of the molecule is O=C(N[C@@H](CS)C(=O)O)c1cccc(C(=O)N[C@@H](CS)C(=O)O)c1. The molecule has 10 heteroatoms. The van der Waals surface area contributed by atoms with Crippen molar-refractivity contribution < 1.29 is 29.4 Å². The number of thiol groups is 2. The maximum Gasteiger partial charge on any atom is 0.327 e. The zero-order valence-electron chi connectivity index (χ0n) is 12.3. The molecule has 130 valence electrons. The molecule has 0 aliphatic carbocycles. The van der Waals surface area contributed by atoms with Crippen LogP contribution in [0.5, 0.6) is 0 Å². The molecule has 4 N–H and O–H groups in total. The Bertz CT molecular complexity index is 601. The van der Waals surface area contributed by atoms with Crippen LogP contribution in [-0.2, 0) is 9.59 Å². The van der Waals surface area contributed by atoms with Gasteiger partial charge in [-0.3, -0.25) is 9.59 Å². The molecule has 0 heterocycles. The van der Waals surface area contributed by atoms with Crippen LogP contribution in [0.25, 0.3) is 0 Å². The Kier molecular flexibility index (Phi) is 7.59. The average molecular weight is 372 g/mol. The molecule has 0 saturated heterocycles. The molecule has 1 rings (SSSR count). The van der Waals surface area contributed by atoms with Crippen LogP contribution in [0.15, 0.2) is 24.3 Å². The zero-order chi connectivity index (χ0) is 18.3. The monoisotopic (exact) mass is 372 g/mol. The topological polar surface area (TPSA) is 133 Å². The molecule has 0 unspecified atom stereocenters. The summed E-state index contributed by atoms with van der Waals surface area (Å²) in [4.78, 5) is 45.9. The van der Waals surface area contributed by atoms with Gasteiger partial charge in [-0.15, -0.1) is 0 Å². The Hall–Kier alpha value is -2.20. The highest BCUT2D eigenvalue weighted by molar-refractivity contribution is 7.80. The van der Waals surface area contributed by atoms with Crippen LogP contribution in [0.3, 0.4) is 0 Å². The van der Waals surface area contributed by atoms with Crippen LogP contribution in [0.1, 0.15) is 20.7 Å². The van der Waals surface area contributed by atoms with E-state index in [9.17, 15) is 19.2 Å². The summed E-state index contributed by atoms with van der Waals surface area (Å²) in [7, 11) is 0. The number of carboxylic acid groups (broad SMARTS) is 2. The highest BCUT2D eigenvalue weighted by Crippen LogP contribution is 2.07. The van der Waals surface area contributed by atoms with Gasteiger partial charge in [0.1, 0.15) is 12.1 Å². The highest BCUT2D eigenvalue weighted by Gasteiger charge is 2.21. The van der Waals surface area contributed by atoms with Gasteiger partial charge in [-0.2, -0.15) is 25.3 Å². The van der Waals surface area contributed by atoms with Crippen molar-refractivity contribution in [3.05, 3.63) is 35.4 Å². The Morgan fingerprint density at radius 1 is 0.875 bits per heavy atom. The quantitative estimate of drug-likeness (QED) is 0.354. The lowest BCUT2D eigenvalue weighted by molar-refractivity contribution is -0.139. The summed E-state index contributed by atoms with van der Waals surface area (Å²) < 4.78 is 0. The van der Waals surface area contributed by atoms with E-state index >= 15 is 0 Å². The molecule has 1 aromatic carbocycles. The lowest BCUT2D eigenvalue weighted by atomic mass is 10.1. The molecule has 0 fully saturated rings. The second-order valence-electron chi connectivity index (χ2n) is 4.67. The Morgan fingerprint density at radius 3 is 1.54 bits per heavy atom. The van der Waals surface area contributed by atoms with Gasteiger partial charge in [0.15, 0.2) is 0 Å². The van der Waals surface area contributed by atoms with Crippen molar-refractivity contribution in [3.63, 3.8) is 0 Å². The van der Waals surface area contributed by atoms with Gasteiger partial charge < -0.3 is 20.8 Å². The van der Waals surface area contributed by atoms with Crippen molar-refractivity contribution in [2.75, 3.05) is 11.5 Å². The van der Waals surface area contributed by atoms with Gasteiger partial charge in [0.25, 0.3) is 11.8 Å². The Morgan fingerprint density at radius 2 is 1.25 bits per heavy atom. The van der Waals surface area contributed by atoms with Crippen molar-refractivity contribution in [3.8, 4) is 0 Å². The van der Waals surface area contributed by atoms with Crippen LogP contribution < -0.4 is 10.6 Å². The lowest BCUT2D eigenvalue weighted by Gasteiger charge is -2.14. The van der Waals surface area contributed by atoms with Gasteiger partial charge in [-0.25, -0.2) is 9.59 Å². The van der Waals surface area contributed by atoms with E-state index in [0.717, 1.165) is 0 Å². The van der Waals surface area contributed by atoms with E-state index in [1.54, 1.807) is 0 Å². The summed E-state index contributed by atoms with van der Waals surface area (Å²) >= 11 is 7.68. The first-order valence-electron chi connectivity index (χ1n) is 6.69.